The molecule has 1 aromatic rings. The molecule has 0 bridgehead atoms. The van der Waals surface area contributed by atoms with Crippen molar-refractivity contribution in [2.24, 2.45) is 5.92 Å². The molecule has 2 aliphatic rings. The van der Waals surface area contributed by atoms with Crippen LogP contribution in [0.25, 0.3) is 0 Å². The summed E-state index contributed by atoms with van der Waals surface area (Å²) in [4.78, 5) is 22.6. The quantitative estimate of drug-likeness (QED) is 0.822. The number of ether oxygens (including phenoxy) is 3. The van der Waals surface area contributed by atoms with Gasteiger partial charge in [0.25, 0.3) is 0 Å². The van der Waals surface area contributed by atoms with Crippen molar-refractivity contribution in [3.8, 4) is 11.8 Å². The van der Waals surface area contributed by atoms with Crippen molar-refractivity contribution in [1.82, 2.24) is 14.9 Å². The van der Waals surface area contributed by atoms with Crippen molar-refractivity contribution in [2.45, 2.75) is 25.4 Å². The highest BCUT2D eigenvalue weighted by molar-refractivity contribution is 5.79. The Kier molecular flexibility index (Phi) is 4.72. The Morgan fingerprint density at radius 3 is 3.00 bits per heavy atom. The molecular formula is C15H21N3O4. The molecule has 0 radical (unpaired) electrons. The van der Waals surface area contributed by atoms with E-state index in [1.54, 1.807) is 13.3 Å². The second kappa shape index (κ2) is 6.91. The predicted molar refractivity (Wildman–Crippen MR) is 77.7 cm³/mol. The minimum Gasteiger partial charge on any atom is -0.480 e. The second-order valence-corrected chi connectivity index (χ2v) is 5.63. The lowest BCUT2D eigenvalue weighted by molar-refractivity contribution is -0.138. The lowest BCUT2D eigenvalue weighted by Crippen LogP contribution is -2.46. The molecule has 3 heterocycles. The van der Waals surface area contributed by atoms with Crippen LogP contribution in [0.15, 0.2) is 12.4 Å². The van der Waals surface area contributed by atoms with E-state index in [4.69, 9.17) is 14.2 Å². The van der Waals surface area contributed by atoms with E-state index in [2.05, 4.69) is 9.97 Å². The molecule has 22 heavy (non-hydrogen) atoms. The molecule has 0 aliphatic carbocycles. The third-order valence-electron chi connectivity index (χ3n) is 4.06. The Labute approximate surface area is 129 Å². The maximum absolute atomic E-state index is 12.4. The topological polar surface area (TPSA) is 73.8 Å². The van der Waals surface area contributed by atoms with E-state index in [0.717, 1.165) is 25.8 Å². The van der Waals surface area contributed by atoms with Crippen LogP contribution in [0.2, 0.25) is 0 Å². The highest BCUT2D eigenvalue weighted by Gasteiger charge is 2.31. The molecule has 1 aromatic heterocycles. The van der Waals surface area contributed by atoms with Crippen molar-refractivity contribution in [2.75, 3.05) is 33.4 Å². The van der Waals surface area contributed by atoms with E-state index in [0.29, 0.717) is 31.5 Å². The number of hydrogen-bond donors (Lipinski definition) is 0. The zero-order valence-corrected chi connectivity index (χ0v) is 12.7. The predicted octanol–water partition coefficient (Wildman–Crippen LogP) is 0.891. The number of hydrogen-bond acceptors (Lipinski definition) is 6. The van der Waals surface area contributed by atoms with E-state index < -0.39 is 0 Å². The highest BCUT2D eigenvalue weighted by atomic mass is 16.5. The fourth-order valence-corrected chi connectivity index (χ4v) is 2.88. The largest absolute Gasteiger partial charge is 0.480 e. The average Bonchev–Trinajstić information content (AvgIpc) is 3.09. The number of nitrogens with zero attached hydrogens (tertiary/aromatic N) is 3. The van der Waals surface area contributed by atoms with Gasteiger partial charge in [0.2, 0.25) is 17.7 Å². The maximum atomic E-state index is 12.4. The van der Waals surface area contributed by atoms with Crippen molar-refractivity contribution >= 4 is 5.91 Å². The summed E-state index contributed by atoms with van der Waals surface area (Å²) in [6.07, 6.45) is 5.70. The first-order valence-corrected chi connectivity index (χ1v) is 7.65. The van der Waals surface area contributed by atoms with Gasteiger partial charge in [-0.05, 0) is 19.3 Å². The Balaban J connectivity index is 1.59. The van der Waals surface area contributed by atoms with Crippen LogP contribution in [0, 0.1) is 5.92 Å². The number of likely N-dealkylation sites (tertiary alicyclic amines) is 1. The van der Waals surface area contributed by atoms with Crippen molar-refractivity contribution in [3.05, 3.63) is 12.4 Å². The van der Waals surface area contributed by atoms with E-state index in [1.807, 2.05) is 4.90 Å². The minimum atomic E-state index is -0.0542. The van der Waals surface area contributed by atoms with Gasteiger partial charge in [0.05, 0.1) is 38.6 Å². The lowest BCUT2D eigenvalue weighted by Gasteiger charge is -2.33. The number of rotatable bonds is 4. The second-order valence-electron chi connectivity index (χ2n) is 5.63. The van der Waals surface area contributed by atoms with E-state index in [9.17, 15) is 4.79 Å². The molecule has 0 spiro atoms. The molecule has 120 valence electrons. The van der Waals surface area contributed by atoms with Gasteiger partial charge in [-0.25, -0.2) is 0 Å². The van der Waals surface area contributed by atoms with E-state index >= 15 is 0 Å². The van der Waals surface area contributed by atoms with Crippen LogP contribution in [0.3, 0.4) is 0 Å². The molecule has 2 saturated heterocycles. The summed E-state index contributed by atoms with van der Waals surface area (Å²) in [7, 11) is 1.54. The minimum absolute atomic E-state index is 0.00959. The Bertz CT molecular complexity index is 519. The molecule has 0 unspecified atom stereocenters. The summed E-state index contributed by atoms with van der Waals surface area (Å²) in [5, 5.41) is 0. The Morgan fingerprint density at radius 1 is 1.36 bits per heavy atom. The molecule has 2 atom stereocenters. The number of aromatic nitrogens is 2. The lowest BCUT2D eigenvalue weighted by atomic mass is 10.0. The van der Waals surface area contributed by atoms with Gasteiger partial charge in [0.1, 0.15) is 6.10 Å². The van der Waals surface area contributed by atoms with Gasteiger partial charge < -0.3 is 19.1 Å². The van der Waals surface area contributed by atoms with Gasteiger partial charge in [0.15, 0.2) is 0 Å². The van der Waals surface area contributed by atoms with Gasteiger partial charge in [-0.1, -0.05) is 0 Å². The SMILES string of the molecule is COc1cncc(O[C@H]2CCCN(C(=O)[C@@H]3CCOC3)C2)n1. The molecule has 0 saturated carbocycles. The van der Waals surface area contributed by atoms with Crippen LogP contribution in [0.1, 0.15) is 19.3 Å². The van der Waals surface area contributed by atoms with Gasteiger partial charge in [-0.2, -0.15) is 4.98 Å². The molecule has 3 rings (SSSR count). The zero-order valence-electron chi connectivity index (χ0n) is 12.7. The Morgan fingerprint density at radius 2 is 2.23 bits per heavy atom. The third kappa shape index (κ3) is 3.47. The first-order valence-electron chi connectivity index (χ1n) is 7.65. The summed E-state index contributed by atoms with van der Waals surface area (Å²) in [6, 6.07) is 0. The van der Waals surface area contributed by atoms with Crippen LogP contribution in [0.5, 0.6) is 11.8 Å². The molecular weight excluding hydrogens is 286 g/mol. The summed E-state index contributed by atoms with van der Waals surface area (Å²) >= 11 is 0. The molecule has 7 nitrogen and oxygen atoms in total. The summed E-state index contributed by atoms with van der Waals surface area (Å²) in [5.74, 6) is 1.05. The van der Waals surface area contributed by atoms with Crippen LogP contribution in [-0.4, -0.2) is 60.3 Å². The van der Waals surface area contributed by atoms with Crippen LogP contribution < -0.4 is 9.47 Å². The van der Waals surface area contributed by atoms with Crippen molar-refractivity contribution in [3.63, 3.8) is 0 Å². The number of piperidine rings is 1. The third-order valence-corrected chi connectivity index (χ3v) is 4.06. The molecule has 7 heteroatoms. The molecule has 0 N–H and O–H groups in total. The van der Waals surface area contributed by atoms with Crippen molar-refractivity contribution < 1.29 is 19.0 Å². The molecule has 1 amide bonds. The maximum Gasteiger partial charge on any atom is 0.235 e. The number of methoxy groups -OCH3 is 1. The number of amides is 1. The Hall–Kier alpha value is -1.89. The standard InChI is InChI=1S/C15H21N3O4/c1-20-13-7-16-8-14(17-13)22-12-3-2-5-18(9-12)15(19)11-4-6-21-10-11/h7-8,11-12H,2-6,9-10H2,1H3/t11-,12+/m1/s1. The first kappa shape index (κ1) is 15.0. The fraction of sp³-hybridized carbons (Fsp3) is 0.667. The average molecular weight is 307 g/mol. The fourth-order valence-electron chi connectivity index (χ4n) is 2.88. The van der Waals surface area contributed by atoms with Crippen LogP contribution >= 0.6 is 0 Å². The monoisotopic (exact) mass is 307 g/mol. The smallest absolute Gasteiger partial charge is 0.235 e. The van der Waals surface area contributed by atoms with Crippen LogP contribution in [0.4, 0.5) is 0 Å². The molecule has 2 fully saturated rings. The van der Waals surface area contributed by atoms with Crippen LogP contribution in [-0.2, 0) is 9.53 Å². The molecule has 0 aromatic carbocycles. The number of carbonyl (C=O) groups excluding carboxylic acids is 1. The summed E-state index contributed by atoms with van der Waals surface area (Å²) < 4.78 is 16.2. The zero-order chi connectivity index (χ0) is 15.4. The van der Waals surface area contributed by atoms with E-state index in [-0.39, 0.29) is 17.9 Å². The molecule has 2 aliphatic heterocycles. The van der Waals surface area contributed by atoms with E-state index in [1.165, 1.54) is 6.20 Å². The highest BCUT2D eigenvalue weighted by Crippen LogP contribution is 2.21. The normalized spacial score (nSPS) is 25.0. The van der Waals surface area contributed by atoms with Gasteiger partial charge in [-0.3, -0.25) is 9.78 Å². The summed E-state index contributed by atoms with van der Waals surface area (Å²) in [5.41, 5.74) is 0. The summed E-state index contributed by atoms with van der Waals surface area (Å²) in [6.45, 7) is 2.61. The van der Waals surface area contributed by atoms with Gasteiger partial charge in [0, 0.05) is 13.2 Å². The number of carbonyl (C=O) groups is 1. The van der Waals surface area contributed by atoms with Gasteiger partial charge in [-0.15, -0.1) is 0 Å². The van der Waals surface area contributed by atoms with Crippen molar-refractivity contribution in [1.29, 1.82) is 0 Å². The van der Waals surface area contributed by atoms with Gasteiger partial charge >= 0.3 is 0 Å². The first-order chi connectivity index (χ1) is 10.8.